The van der Waals surface area contributed by atoms with Crippen LogP contribution >= 0.6 is 11.3 Å². The number of thiophene rings is 1. The van der Waals surface area contributed by atoms with E-state index in [-0.39, 0.29) is 11.9 Å². The molecule has 0 bridgehead atoms. The number of nitrogens with two attached hydrogens (primary N) is 1. The summed E-state index contributed by atoms with van der Waals surface area (Å²) in [6.45, 7) is 1.89. The second-order valence-corrected chi connectivity index (χ2v) is 5.44. The maximum atomic E-state index is 12.1. The molecule has 0 aliphatic carbocycles. The Morgan fingerprint density at radius 2 is 2.05 bits per heavy atom. The lowest BCUT2D eigenvalue weighted by atomic mass is 10.1. The standard InChI is InChI=1S/C15H15N3OS/c1-10(12-6-4-11(9-16)5-7-12)18-15(19)14(17)13-3-2-8-20-13/h2-8,10,14H,17H2,1H3,(H,18,19). The third-order valence-electron chi connectivity index (χ3n) is 3.03. The number of nitrogens with one attached hydrogen (secondary N) is 1. The largest absolute Gasteiger partial charge is 0.348 e. The molecule has 0 radical (unpaired) electrons. The normalized spacial score (nSPS) is 13.2. The smallest absolute Gasteiger partial charge is 0.242 e. The molecule has 2 rings (SSSR count). The summed E-state index contributed by atoms with van der Waals surface area (Å²) >= 11 is 1.47. The molecule has 1 aromatic heterocycles. The Balaban J connectivity index is 2.01. The zero-order chi connectivity index (χ0) is 14.5. The van der Waals surface area contributed by atoms with Gasteiger partial charge in [-0.2, -0.15) is 5.26 Å². The van der Waals surface area contributed by atoms with Crippen molar-refractivity contribution in [3.05, 3.63) is 57.8 Å². The Morgan fingerprint density at radius 1 is 1.35 bits per heavy atom. The minimum atomic E-state index is -0.643. The number of nitriles is 1. The molecule has 1 heterocycles. The predicted octanol–water partition coefficient (Wildman–Crippen LogP) is 2.50. The first kappa shape index (κ1) is 14.3. The number of carbonyl (C=O) groups excluding carboxylic acids is 1. The van der Waals surface area contributed by atoms with Crippen LogP contribution in [0.15, 0.2) is 41.8 Å². The van der Waals surface area contributed by atoms with Gasteiger partial charge in [0.1, 0.15) is 6.04 Å². The van der Waals surface area contributed by atoms with Crippen molar-refractivity contribution < 1.29 is 4.79 Å². The average Bonchev–Trinajstić information content (AvgIpc) is 3.00. The van der Waals surface area contributed by atoms with Gasteiger partial charge in [-0.3, -0.25) is 4.79 Å². The van der Waals surface area contributed by atoms with Crippen molar-refractivity contribution in [2.75, 3.05) is 0 Å². The van der Waals surface area contributed by atoms with Crippen LogP contribution in [0.5, 0.6) is 0 Å². The summed E-state index contributed by atoms with van der Waals surface area (Å²) in [5, 5.41) is 13.5. The van der Waals surface area contributed by atoms with Crippen molar-refractivity contribution in [1.82, 2.24) is 5.32 Å². The molecule has 5 heteroatoms. The minimum absolute atomic E-state index is 0.152. The van der Waals surface area contributed by atoms with Crippen molar-refractivity contribution in [3.63, 3.8) is 0 Å². The van der Waals surface area contributed by atoms with E-state index in [2.05, 4.69) is 11.4 Å². The summed E-state index contributed by atoms with van der Waals surface area (Å²) < 4.78 is 0. The third-order valence-corrected chi connectivity index (χ3v) is 3.99. The number of benzene rings is 1. The maximum Gasteiger partial charge on any atom is 0.242 e. The van der Waals surface area contributed by atoms with E-state index in [0.717, 1.165) is 10.4 Å². The van der Waals surface area contributed by atoms with Crippen molar-refractivity contribution in [2.45, 2.75) is 19.0 Å². The lowest BCUT2D eigenvalue weighted by Crippen LogP contribution is -2.35. The van der Waals surface area contributed by atoms with Crippen LogP contribution in [0.3, 0.4) is 0 Å². The summed E-state index contributed by atoms with van der Waals surface area (Å²) in [6.07, 6.45) is 0. The summed E-state index contributed by atoms with van der Waals surface area (Å²) in [4.78, 5) is 12.9. The van der Waals surface area contributed by atoms with Gasteiger partial charge in [-0.1, -0.05) is 18.2 Å². The van der Waals surface area contributed by atoms with Gasteiger partial charge in [-0.05, 0) is 36.1 Å². The number of hydrogen-bond acceptors (Lipinski definition) is 4. The molecule has 3 N–H and O–H groups in total. The zero-order valence-electron chi connectivity index (χ0n) is 11.0. The number of rotatable bonds is 4. The average molecular weight is 285 g/mol. The molecular weight excluding hydrogens is 270 g/mol. The lowest BCUT2D eigenvalue weighted by molar-refractivity contribution is -0.123. The highest BCUT2D eigenvalue weighted by Gasteiger charge is 2.19. The second-order valence-electron chi connectivity index (χ2n) is 4.46. The second kappa shape index (κ2) is 6.33. The third kappa shape index (κ3) is 3.23. The summed E-state index contributed by atoms with van der Waals surface area (Å²) in [7, 11) is 0. The summed E-state index contributed by atoms with van der Waals surface area (Å²) in [6, 6.07) is 12.1. The van der Waals surface area contributed by atoms with Crippen LogP contribution in [-0.4, -0.2) is 5.91 Å². The van der Waals surface area contributed by atoms with Gasteiger partial charge in [-0.15, -0.1) is 11.3 Å². The Morgan fingerprint density at radius 3 is 2.60 bits per heavy atom. The van der Waals surface area contributed by atoms with Crippen molar-refractivity contribution in [2.24, 2.45) is 5.73 Å². The quantitative estimate of drug-likeness (QED) is 0.905. The fourth-order valence-corrected chi connectivity index (χ4v) is 2.56. The predicted molar refractivity (Wildman–Crippen MR) is 79.0 cm³/mol. The molecule has 2 aromatic rings. The van der Waals surface area contributed by atoms with Gasteiger partial charge < -0.3 is 11.1 Å². The van der Waals surface area contributed by atoms with Crippen LogP contribution in [0.25, 0.3) is 0 Å². The Kier molecular flexibility index (Phi) is 4.51. The molecule has 1 aromatic carbocycles. The molecule has 2 atom stereocenters. The van der Waals surface area contributed by atoms with Gasteiger partial charge in [0.05, 0.1) is 17.7 Å². The molecule has 0 spiro atoms. The fourth-order valence-electron chi connectivity index (χ4n) is 1.83. The molecule has 2 unspecified atom stereocenters. The Bertz CT molecular complexity index is 614. The topological polar surface area (TPSA) is 78.9 Å². The van der Waals surface area contributed by atoms with E-state index in [0.29, 0.717) is 5.56 Å². The van der Waals surface area contributed by atoms with Crippen LogP contribution in [0, 0.1) is 11.3 Å². The summed E-state index contributed by atoms with van der Waals surface area (Å²) in [5.74, 6) is -0.204. The number of hydrogen-bond donors (Lipinski definition) is 2. The molecule has 0 aliphatic heterocycles. The van der Waals surface area contributed by atoms with Gasteiger partial charge in [0.25, 0.3) is 0 Å². The van der Waals surface area contributed by atoms with E-state index in [9.17, 15) is 4.79 Å². The maximum absolute atomic E-state index is 12.1. The van der Waals surface area contributed by atoms with Crippen molar-refractivity contribution in [3.8, 4) is 6.07 Å². The van der Waals surface area contributed by atoms with E-state index in [4.69, 9.17) is 11.0 Å². The van der Waals surface area contributed by atoms with Gasteiger partial charge in [0.15, 0.2) is 0 Å². The van der Waals surface area contributed by atoms with E-state index < -0.39 is 6.04 Å². The Hall–Kier alpha value is -2.16. The SMILES string of the molecule is CC(NC(=O)C(N)c1cccs1)c1ccc(C#N)cc1. The molecule has 4 nitrogen and oxygen atoms in total. The first-order chi connectivity index (χ1) is 9.61. The number of carbonyl (C=O) groups is 1. The molecule has 20 heavy (non-hydrogen) atoms. The zero-order valence-corrected chi connectivity index (χ0v) is 11.9. The molecule has 1 amide bonds. The highest BCUT2D eigenvalue weighted by Crippen LogP contribution is 2.19. The van der Waals surface area contributed by atoms with Crippen molar-refractivity contribution >= 4 is 17.2 Å². The molecule has 0 saturated heterocycles. The lowest BCUT2D eigenvalue weighted by Gasteiger charge is -2.17. The monoisotopic (exact) mass is 285 g/mol. The van der Waals surface area contributed by atoms with Crippen molar-refractivity contribution in [1.29, 1.82) is 5.26 Å². The highest BCUT2D eigenvalue weighted by atomic mass is 32.1. The molecule has 0 fully saturated rings. The van der Waals surface area contributed by atoms with E-state index in [1.165, 1.54) is 11.3 Å². The van der Waals surface area contributed by atoms with Crippen LogP contribution in [-0.2, 0) is 4.79 Å². The van der Waals surface area contributed by atoms with Crippen LogP contribution in [0.1, 0.15) is 35.0 Å². The fraction of sp³-hybridized carbons (Fsp3) is 0.200. The first-order valence-electron chi connectivity index (χ1n) is 6.21. The van der Waals surface area contributed by atoms with Crippen LogP contribution < -0.4 is 11.1 Å². The highest BCUT2D eigenvalue weighted by molar-refractivity contribution is 7.10. The number of amides is 1. The van der Waals surface area contributed by atoms with E-state index >= 15 is 0 Å². The van der Waals surface area contributed by atoms with Gasteiger partial charge in [-0.25, -0.2) is 0 Å². The molecular formula is C15H15N3OS. The van der Waals surface area contributed by atoms with Gasteiger partial charge in [0, 0.05) is 4.88 Å². The van der Waals surface area contributed by atoms with E-state index in [1.807, 2.05) is 36.6 Å². The number of nitrogens with zero attached hydrogens (tertiary/aromatic N) is 1. The molecule has 0 saturated carbocycles. The van der Waals surface area contributed by atoms with E-state index in [1.54, 1.807) is 12.1 Å². The van der Waals surface area contributed by atoms with Crippen LogP contribution in [0.2, 0.25) is 0 Å². The molecule has 102 valence electrons. The van der Waals surface area contributed by atoms with Gasteiger partial charge >= 0.3 is 0 Å². The Labute approximate surface area is 121 Å². The molecule has 0 aliphatic rings. The van der Waals surface area contributed by atoms with Crippen LogP contribution in [0.4, 0.5) is 0 Å². The van der Waals surface area contributed by atoms with Gasteiger partial charge in [0.2, 0.25) is 5.91 Å². The first-order valence-corrected chi connectivity index (χ1v) is 7.09. The minimum Gasteiger partial charge on any atom is -0.348 e. The summed E-state index contributed by atoms with van der Waals surface area (Å²) in [5.41, 5.74) is 7.45.